The molecule has 9 nitrogen and oxygen atoms in total. The molecule has 1 rings (SSSR count). The van der Waals surface area contributed by atoms with E-state index in [1.165, 1.54) is 13.1 Å². The summed E-state index contributed by atoms with van der Waals surface area (Å²) in [6, 6.07) is 2.43. The van der Waals surface area contributed by atoms with Crippen molar-refractivity contribution in [1.82, 2.24) is 20.9 Å². The van der Waals surface area contributed by atoms with Crippen molar-refractivity contribution < 1.29 is 24.6 Å². The normalized spacial score (nSPS) is 14.7. The van der Waals surface area contributed by atoms with Gasteiger partial charge in [-0.25, -0.2) is 0 Å². The Hall–Kier alpha value is -2.17. The van der Waals surface area contributed by atoms with E-state index in [4.69, 9.17) is 0 Å². The molecule has 4 atom stereocenters. The van der Waals surface area contributed by atoms with Crippen molar-refractivity contribution in [3.8, 4) is 0 Å². The van der Waals surface area contributed by atoms with Crippen molar-refractivity contribution in [1.29, 1.82) is 0 Å². The lowest BCUT2D eigenvalue weighted by Gasteiger charge is -2.25. The Labute approximate surface area is 219 Å². The van der Waals surface area contributed by atoms with E-state index in [-0.39, 0.29) is 18.4 Å². The average Bonchev–Trinajstić information content (AvgIpc) is 2.87. The smallest absolute Gasteiger partial charge is 0.253 e. The lowest BCUT2D eigenvalue weighted by atomic mass is 9.98. The number of aliphatic hydroxyl groups excluding tert-OH is 2. The van der Waals surface area contributed by atoms with Crippen molar-refractivity contribution in [2.45, 2.75) is 83.8 Å². The molecule has 5 N–H and O–H groups in total. The van der Waals surface area contributed by atoms with Gasteiger partial charge in [-0.3, -0.25) is 19.4 Å². The molecular formula is C26H44N4O5S. The number of aliphatic hydroxyl groups is 2. The van der Waals surface area contributed by atoms with Gasteiger partial charge in [0.1, 0.15) is 6.04 Å². The third-order valence-corrected chi connectivity index (χ3v) is 7.22. The molecule has 0 aliphatic carbocycles. The summed E-state index contributed by atoms with van der Waals surface area (Å²) >= 11 is 1.65. The van der Waals surface area contributed by atoms with E-state index in [1.807, 2.05) is 13.8 Å². The maximum Gasteiger partial charge on any atom is 0.253 e. The van der Waals surface area contributed by atoms with Crippen LogP contribution in [0, 0.1) is 11.8 Å². The molecule has 0 bridgehead atoms. The maximum atomic E-state index is 13.0. The highest BCUT2D eigenvalue weighted by Crippen LogP contribution is 2.22. The van der Waals surface area contributed by atoms with E-state index in [0.29, 0.717) is 23.1 Å². The second-order valence-corrected chi connectivity index (χ2v) is 10.9. The summed E-state index contributed by atoms with van der Waals surface area (Å²) in [4.78, 5) is 41.9. The van der Waals surface area contributed by atoms with Crippen molar-refractivity contribution in [3.05, 3.63) is 30.1 Å². The van der Waals surface area contributed by atoms with Gasteiger partial charge >= 0.3 is 0 Å². The highest BCUT2D eigenvalue weighted by Gasteiger charge is 2.30. The number of rotatable bonds is 17. The van der Waals surface area contributed by atoms with Crippen LogP contribution in [0.2, 0.25) is 0 Å². The van der Waals surface area contributed by atoms with Crippen LogP contribution in [0.5, 0.6) is 0 Å². The molecule has 0 spiro atoms. The number of hydrogen-bond acceptors (Lipinski definition) is 7. The van der Waals surface area contributed by atoms with Gasteiger partial charge in [0.25, 0.3) is 5.91 Å². The van der Waals surface area contributed by atoms with Crippen LogP contribution < -0.4 is 16.0 Å². The fraction of sp³-hybridized carbons (Fsp3) is 0.692. The Bertz CT molecular complexity index is 790. The molecule has 1 heterocycles. The van der Waals surface area contributed by atoms with E-state index >= 15 is 0 Å². The second kappa shape index (κ2) is 17.3. The molecule has 36 heavy (non-hydrogen) atoms. The van der Waals surface area contributed by atoms with Gasteiger partial charge in [-0.15, -0.1) is 0 Å². The number of nitrogens with zero attached hydrogens (tertiary/aromatic N) is 1. The Morgan fingerprint density at radius 2 is 1.64 bits per heavy atom. The first-order chi connectivity index (χ1) is 17.1. The van der Waals surface area contributed by atoms with Gasteiger partial charge in [0.15, 0.2) is 0 Å². The zero-order valence-corrected chi connectivity index (χ0v) is 23.0. The van der Waals surface area contributed by atoms with Crippen molar-refractivity contribution >= 4 is 29.5 Å². The first-order valence-corrected chi connectivity index (χ1v) is 13.9. The van der Waals surface area contributed by atoms with Crippen molar-refractivity contribution in [2.75, 3.05) is 18.8 Å². The van der Waals surface area contributed by atoms with Crippen molar-refractivity contribution in [2.24, 2.45) is 11.8 Å². The monoisotopic (exact) mass is 524 g/mol. The molecular weight excluding hydrogens is 480 g/mol. The topological polar surface area (TPSA) is 141 Å². The van der Waals surface area contributed by atoms with Crippen LogP contribution in [-0.2, 0) is 9.59 Å². The number of aromatic nitrogens is 1. The summed E-state index contributed by atoms with van der Waals surface area (Å²) in [5.41, 5.74) is 0.343. The van der Waals surface area contributed by atoms with Crippen LogP contribution in [-0.4, -0.2) is 75.3 Å². The Kier molecular flexibility index (Phi) is 15.3. The SMILES string of the molecule is CCCC(CCC)SCC(NC(=O)c1cccnc1)C(=O)NCC(O)C(O)C(C)C(=O)NCC(C)C. The van der Waals surface area contributed by atoms with Gasteiger partial charge in [0.05, 0.1) is 23.7 Å². The van der Waals surface area contributed by atoms with Crippen LogP contribution >= 0.6 is 11.8 Å². The summed E-state index contributed by atoms with van der Waals surface area (Å²) in [6.45, 7) is 9.90. The number of amides is 3. The van der Waals surface area contributed by atoms with Crippen LogP contribution in [0.1, 0.15) is 70.7 Å². The van der Waals surface area contributed by atoms with Crippen LogP contribution in [0.4, 0.5) is 0 Å². The number of pyridine rings is 1. The molecule has 4 unspecified atom stereocenters. The predicted octanol–water partition coefficient (Wildman–Crippen LogP) is 2.13. The summed E-state index contributed by atoms with van der Waals surface area (Å²) in [7, 11) is 0. The van der Waals surface area contributed by atoms with Crippen LogP contribution in [0.15, 0.2) is 24.5 Å². The minimum absolute atomic E-state index is 0.251. The molecule has 1 aromatic heterocycles. The fourth-order valence-corrected chi connectivity index (χ4v) is 5.02. The first-order valence-electron chi connectivity index (χ1n) is 12.8. The average molecular weight is 525 g/mol. The maximum absolute atomic E-state index is 13.0. The quantitative estimate of drug-likeness (QED) is 0.210. The number of carbonyl (C=O) groups is 3. The lowest BCUT2D eigenvalue weighted by Crippen LogP contribution is -2.52. The minimum Gasteiger partial charge on any atom is -0.390 e. The van der Waals surface area contributed by atoms with E-state index in [9.17, 15) is 24.6 Å². The Balaban J connectivity index is 2.79. The number of nitrogens with one attached hydrogen (secondary N) is 3. The van der Waals surface area contributed by atoms with Gasteiger partial charge in [-0.2, -0.15) is 11.8 Å². The summed E-state index contributed by atoms with van der Waals surface area (Å²) in [5.74, 6) is -1.46. The van der Waals surface area contributed by atoms with E-state index < -0.39 is 36.0 Å². The highest BCUT2D eigenvalue weighted by atomic mass is 32.2. The molecule has 0 aliphatic heterocycles. The van der Waals surface area contributed by atoms with Crippen molar-refractivity contribution in [3.63, 3.8) is 0 Å². The highest BCUT2D eigenvalue weighted by molar-refractivity contribution is 7.99. The Morgan fingerprint density at radius 3 is 2.19 bits per heavy atom. The predicted molar refractivity (Wildman–Crippen MR) is 144 cm³/mol. The van der Waals surface area contributed by atoms with E-state index in [0.717, 1.165) is 25.7 Å². The number of hydrogen-bond donors (Lipinski definition) is 5. The number of carbonyl (C=O) groups excluding carboxylic acids is 3. The van der Waals surface area contributed by atoms with Gasteiger partial charge in [-0.1, -0.05) is 47.5 Å². The lowest BCUT2D eigenvalue weighted by molar-refractivity contribution is -0.131. The van der Waals surface area contributed by atoms with Crippen LogP contribution in [0.25, 0.3) is 0 Å². The molecule has 0 saturated carbocycles. The first kappa shape index (κ1) is 31.9. The molecule has 0 fully saturated rings. The van der Waals surface area contributed by atoms with Crippen LogP contribution in [0.3, 0.4) is 0 Å². The molecule has 0 radical (unpaired) electrons. The molecule has 0 aliphatic rings. The summed E-state index contributed by atoms with van der Waals surface area (Å²) < 4.78 is 0. The van der Waals surface area contributed by atoms with Gasteiger partial charge in [-0.05, 0) is 30.9 Å². The van der Waals surface area contributed by atoms with Gasteiger partial charge in [0, 0.05) is 36.5 Å². The van der Waals surface area contributed by atoms with E-state index in [2.05, 4.69) is 34.8 Å². The molecule has 3 amide bonds. The fourth-order valence-electron chi connectivity index (χ4n) is 3.51. The third-order valence-electron chi connectivity index (χ3n) is 5.76. The zero-order chi connectivity index (χ0) is 27.1. The molecule has 0 aromatic carbocycles. The minimum atomic E-state index is -1.35. The summed E-state index contributed by atoms with van der Waals surface area (Å²) in [6.07, 6.45) is 4.40. The number of thioether (sulfide) groups is 1. The Morgan fingerprint density at radius 1 is 1.00 bits per heavy atom. The summed E-state index contributed by atoms with van der Waals surface area (Å²) in [5, 5.41) is 29.3. The zero-order valence-electron chi connectivity index (χ0n) is 22.2. The molecule has 204 valence electrons. The molecule has 10 heteroatoms. The standard InChI is InChI=1S/C26H44N4O5S/c1-6-9-20(10-7-2)36-16-21(30-25(34)19-11-8-12-27-14-19)26(35)29-15-22(31)23(32)18(5)24(33)28-13-17(3)4/h8,11-12,14,17-18,20-23,31-32H,6-7,9-10,13,15-16H2,1-5H3,(H,28,33)(H,29,35)(H,30,34). The van der Waals surface area contributed by atoms with E-state index in [1.54, 1.807) is 30.1 Å². The second-order valence-electron chi connectivity index (χ2n) is 9.53. The molecule has 1 aromatic rings. The van der Waals surface area contributed by atoms with Gasteiger partial charge in [0.2, 0.25) is 11.8 Å². The largest absolute Gasteiger partial charge is 0.390 e. The third kappa shape index (κ3) is 11.7. The van der Waals surface area contributed by atoms with Gasteiger partial charge < -0.3 is 26.2 Å². The molecule has 0 saturated heterocycles.